The van der Waals surface area contributed by atoms with Gasteiger partial charge in [0.05, 0.1) is 6.10 Å². The lowest BCUT2D eigenvalue weighted by atomic mass is 9.75. The molecule has 0 bridgehead atoms. The lowest BCUT2D eigenvalue weighted by Gasteiger charge is -2.35. The summed E-state index contributed by atoms with van der Waals surface area (Å²) < 4.78 is 5.44. The van der Waals surface area contributed by atoms with Crippen molar-refractivity contribution in [3.8, 4) is 0 Å². The molecule has 2 nitrogen and oxygen atoms in total. The van der Waals surface area contributed by atoms with Gasteiger partial charge in [-0.1, -0.05) is 33.6 Å². The van der Waals surface area contributed by atoms with Gasteiger partial charge in [0.1, 0.15) is 0 Å². The molecule has 1 N–H and O–H groups in total. The van der Waals surface area contributed by atoms with E-state index in [9.17, 15) is 0 Å². The number of nitrogens with one attached hydrogen (secondary N) is 1. The Kier molecular flexibility index (Phi) is 8.96. The van der Waals surface area contributed by atoms with Crippen LogP contribution in [0.5, 0.6) is 0 Å². The molecule has 0 saturated heterocycles. The number of methoxy groups -OCH3 is 1. The van der Waals surface area contributed by atoms with Crippen LogP contribution >= 0.6 is 0 Å². The molecule has 16 heavy (non-hydrogen) atoms. The van der Waals surface area contributed by atoms with Gasteiger partial charge in [0.15, 0.2) is 0 Å². The van der Waals surface area contributed by atoms with Gasteiger partial charge in [-0.2, -0.15) is 0 Å². The molecule has 0 aliphatic rings. The van der Waals surface area contributed by atoms with Gasteiger partial charge in [0.25, 0.3) is 0 Å². The van der Waals surface area contributed by atoms with Gasteiger partial charge in [-0.25, -0.2) is 0 Å². The van der Waals surface area contributed by atoms with E-state index in [1.54, 1.807) is 0 Å². The minimum absolute atomic E-state index is 0.371. The fourth-order valence-corrected chi connectivity index (χ4v) is 2.34. The molecule has 0 heterocycles. The Hall–Kier alpha value is -0.0800. The molecule has 2 heteroatoms. The fraction of sp³-hybridized carbons (Fsp3) is 1.00. The standard InChI is InChI=1S/C14H31NO/c1-6-9-10-14(7-2,12-15-8-3)11-13(4)16-5/h13,15H,6-12H2,1-5H3. The van der Waals surface area contributed by atoms with Crippen molar-refractivity contribution in [3.63, 3.8) is 0 Å². The summed E-state index contributed by atoms with van der Waals surface area (Å²) in [4.78, 5) is 0. The Balaban J connectivity index is 4.39. The highest BCUT2D eigenvalue weighted by molar-refractivity contribution is 4.82. The molecular formula is C14H31NO. The number of hydrogen-bond acceptors (Lipinski definition) is 2. The minimum atomic E-state index is 0.371. The average molecular weight is 229 g/mol. The molecule has 0 spiro atoms. The highest BCUT2D eigenvalue weighted by Crippen LogP contribution is 2.34. The van der Waals surface area contributed by atoms with Gasteiger partial charge in [0, 0.05) is 13.7 Å². The molecule has 0 aliphatic heterocycles. The third kappa shape index (κ3) is 5.86. The largest absolute Gasteiger partial charge is 0.382 e. The number of hydrogen-bond donors (Lipinski definition) is 1. The lowest BCUT2D eigenvalue weighted by Crippen LogP contribution is -2.36. The zero-order chi connectivity index (χ0) is 12.4. The molecular weight excluding hydrogens is 198 g/mol. The summed E-state index contributed by atoms with van der Waals surface area (Å²) >= 11 is 0. The third-order valence-corrected chi connectivity index (χ3v) is 3.68. The van der Waals surface area contributed by atoms with Gasteiger partial charge in [0.2, 0.25) is 0 Å². The SMILES string of the molecule is CCCCC(CC)(CNCC)CC(C)OC. The van der Waals surface area contributed by atoms with Crippen LogP contribution in [0.1, 0.15) is 59.8 Å². The second-order valence-corrected chi connectivity index (χ2v) is 4.99. The van der Waals surface area contributed by atoms with Crippen molar-refractivity contribution in [2.45, 2.75) is 65.9 Å². The third-order valence-electron chi connectivity index (χ3n) is 3.68. The van der Waals surface area contributed by atoms with Crippen molar-refractivity contribution in [2.24, 2.45) is 5.41 Å². The summed E-state index contributed by atoms with van der Waals surface area (Å²) in [6, 6.07) is 0. The Morgan fingerprint density at radius 3 is 2.38 bits per heavy atom. The van der Waals surface area contributed by atoms with E-state index >= 15 is 0 Å². The smallest absolute Gasteiger partial charge is 0.0549 e. The molecule has 0 fully saturated rings. The topological polar surface area (TPSA) is 21.3 Å². The summed E-state index contributed by atoms with van der Waals surface area (Å²) in [6.07, 6.45) is 6.72. The number of unbranched alkanes of at least 4 members (excludes halogenated alkanes) is 1. The maximum absolute atomic E-state index is 5.44. The van der Waals surface area contributed by atoms with Crippen molar-refractivity contribution >= 4 is 0 Å². The van der Waals surface area contributed by atoms with Crippen LogP contribution in [0.4, 0.5) is 0 Å². The Morgan fingerprint density at radius 1 is 1.25 bits per heavy atom. The van der Waals surface area contributed by atoms with Crippen LogP contribution in [0, 0.1) is 5.41 Å². The van der Waals surface area contributed by atoms with E-state index in [0.29, 0.717) is 11.5 Å². The molecule has 0 rings (SSSR count). The van der Waals surface area contributed by atoms with Gasteiger partial charge in [-0.05, 0) is 38.1 Å². The first-order chi connectivity index (χ1) is 7.64. The number of rotatable bonds is 10. The first-order valence-electron chi connectivity index (χ1n) is 6.87. The first-order valence-corrected chi connectivity index (χ1v) is 6.87. The van der Waals surface area contributed by atoms with Crippen molar-refractivity contribution in [1.82, 2.24) is 5.32 Å². The van der Waals surface area contributed by atoms with E-state index in [1.165, 1.54) is 32.1 Å². The Bertz CT molecular complexity index is 151. The van der Waals surface area contributed by atoms with Crippen LogP contribution in [0.25, 0.3) is 0 Å². The van der Waals surface area contributed by atoms with Crippen LogP contribution in [0.3, 0.4) is 0 Å². The second kappa shape index (κ2) is 9.00. The van der Waals surface area contributed by atoms with E-state index in [-0.39, 0.29) is 0 Å². The normalized spacial score (nSPS) is 17.1. The second-order valence-electron chi connectivity index (χ2n) is 4.99. The van der Waals surface area contributed by atoms with E-state index in [0.717, 1.165) is 13.1 Å². The first kappa shape index (κ1) is 15.9. The number of ether oxygens (including phenoxy) is 1. The molecule has 2 atom stereocenters. The van der Waals surface area contributed by atoms with E-state index in [4.69, 9.17) is 4.74 Å². The molecule has 0 radical (unpaired) electrons. The maximum atomic E-state index is 5.44. The Labute approximate surface area is 102 Å². The van der Waals surface area contributed by atoms with Gasteiger partial charge >= 0.3 is 0 Å². The van der Waals surface area contributed by atoms with Gasteiger partial charge in [-0.15, -0.1) is 0 Å². The lowest BCUT2D eigenvalue weighted by molar-refractivity contribution is 0.0561. The van der Waals surface area contributed by atoms with Crippen molar-refractivity contribution in [2.75, 3.05) is 20.2 Å². The molecule has 0 aromatic heterocycles. The van der Waals surface area contributed by atoms with Crippen LogP contribution < -0.4 is 5.32 Å². The molecule has 0 saturated carbocycles. The minimum Gasteiger partial charge on any atom is -0.382 e. The quantitative estimate of drug-likeness (QED) is 0.618. The molecule has 0 aliphatic carbocycles. The summed E-state index contributed by atoms with van der Waals surface area (Å²) in [5.41, 5.74) is 0.432. The van der Waals surface area contributed by atoms with Gasteiger partial charge < -0.3 is 10.1 Å². The summed E-state index contributed by atoms with van der Waals surface area (Å²) in [7, 11) is 1.82. The van der Waals surface area contributed by atoms with E-state index in [2.05, 4.69) is 33.0 Å². The predicted octanol–water partition coefficient (Wildman–Crippen LogP) is 3.61. The predicted molar refractivity (Wildman–Crippen MR) is 71.9 cm³/mol. The molecule has 0 amide bonds. The monoisotopic (exact) mass is 229 g/mol. The molecule has 0 aromatic carbocycles. The summed E-state index contributed by atoms with van der Waals surface area (Å²) in [6.45, 7) is 11.1. The maximum Gasteiger partial charge on any atom is 0.0549 e. The van der Waals surface area contributed by atoms with Crippen molar-refractivity contribution in [3.05, 3.63) is 0 Å². The molecule has 0 aromatic rings. The highest BCUT2D eigenvalue weighted by atomic mass is 16.5. The van der Waals surface area contributed by atoms with E-state index in [1.807, 2.05) is 7.11 Å². The fourth-order valence-electron chi connectivity index (χ4n) is 2.34. The highest BCUT2D eigenvalue weighted by Gasteiger charge is 2.29. The van der Waals surface area contributed by atoms with Crippen molar-refractivity contribution in [1.29, 1.82) is 0 Å². The zero-order valence-electron chi connectivity index (χ0n) is 11.9. The summed E-state index contributed by atoms with van der Waals surface area (Å²) in [5.74, 6) is 0. The zero-order valence-corrected chi connectivity index (χ0v) is 11.9. The van der Waals surface area contributed by atoms with Crippen LogP contribution in [-0.2, 0) is 4.74 Å². The summed E-state index contributed by atoms with van der Waals surface area (Å²) in [5, 5.41) is 3.52. The Morgan fingerprint density at radius 2 is 1.94 bits per heavy atom. The van der Waals surface area contributed by atoms with E-state index < -0.39 is 0 Å². The molecule has 98 valence electrons. The van der Waals surface area contributed by atoms with Crippen molar-refractivity contribution < 1.29 is 4.74 Å². The van der Waals surface area contributed by atoms with Crippen LogP contribution in [0.2, 0.25) is 0 Å². The van der Waals surface area contributed by atoms with Crippen LogP contribution in [0.15, 0.2) is 0 Å². The average Bonchev–Trinajstić information content (AvgIpc) is 2.32. The van der Waals surface area contributed by atoms with Crippen LogP contribution in [-0.4, -0.2) is 26.3 Å². The van der Waals surface area contributed by atoms with Gasteiger partial charge in [-0.3, -0.25) is 0 Å². The molecule has 2 unspecified atom stereocenters.